The molecule has 4 N–H and O–H groups in total. The molecule has 6 aliphatic heterocycles. The first-order valence-electron chi connectivity index (χ1n) is 42.3. The number of phenols is 1. The zero-order valence-corrected chi connectivity index (χ0v) is 79.1. The number of hydrogen-bond acceptors (Lipinski definition) is 22. The molecule has 32 heteroatoms. The second-order valence-electron chi connectivity index (χ2n) is 34.7. The number of carbonyl (C=O) groups excluding carboxylic acids is 14. The standard InChI is InChI=1S/C21H27N3O5.C20H25N3O6.C11H14N2O.C10H14BrNO4.2C10H12N2.2C8H8O/c1-13-6-8-14(9-7-13)16-12-23(19(27)22(16)5)15-10-11-17(25)24(18(15)26)20(28)29-21(2,3)4;1-20(2,3)29-19(28)23-16(25)10-9-14(17(23)26)22-11-15(21(4)18(22)27)12-5-7-13(24)8-6-12;1-8-3-5-9(6-4-8)10-7-12-11(14)13(10)2;1-10(2,3)16-9(15)12-7(13)5-4-6(11)8(12)14;2*1-8-3-5-9(6-4-8)10(7-11)12-2;2*1-7-2-4-8(6-9)5-3-7/h6-9,15-16H,10-12H2,1-5H3;5-8,14-15,24H,9-11H2,1-4H3;3-6,10H,7H2,1-2H3,(H,12,14);6H,4-5H2,1-3H3;2*3-6,10,12H,1-2H3;2*2-6H,1H3. The highest BCUT2D eigenvalue weighted by Gasteiger charge is 2.51. The molecule has 0 bridgehead atoms. The molecule has 15 amide bonds. The van der Waals surface area contributed by atoms with E-state index in [0.29, 0.717) is 34.2 Å². The number of urea groups is 3. The number of alkyl halides is 1. The molecule has 8 atom stereocenters. The van der Waals surface area contributed by atoms with Crippen LogP contribution >= 0.6 is 15.9 Å². The first-order valence-corrected chi connectivity index (χ1v) is 43.3. The number of ether oxygens (including phenoxy) is 3. The zero-order valence-electron chi connectivity index (χ0n) is 77.5. The van der Waals surface area contributed by atoms with Gasteiger partial charge in [0.15, 0.2) is 0 Å². The maximum absolute atomic E-state index is 13.0. The quantitative estimate of drug-likeness (QED) is 0.0404. The predicted molar refractivity (Wildman–Crippen MR) is 492 cm³/mol. The molecule has 6 saturated heterocycles. The van der Waals surface area contributed by atoms with E-state index in [1.54, 1.807) is 112 Å². The number of halogens is 1. The van der Waals surface area contributed by atoms with E-state index in [4.69, 9.17) is 24.7 Å². The molecule has 130 heavy (non-hydrogen) atoms. The minimum absolute atomic E-state index is 0.00164. The van der Waals surface area contributed by atoms with Gasteiger partial charge in [-0.05, 0) is 177 Å². The van der Waals surface area contributed by atoms with Gasteiger partial charge in [0.25, 0.3) is 17.7 Å². The molecule has 6 heterocycles. The summed E-state index contributed by atoms with van der Waals surface area (Å²) in [6, 6.07) is 54.7. The van der Waals surface area contributed by atoms with Gasteiger partial charge in [-0.15, -0.1) is 0 Å². The summed E-state index contributed by atoms with van der Waals surface area (Å²) in [6.45, 7) is 28.3. The Balaban J connectivity index is 0.000000238. The van der Waals surface area contributed by atoms with Crippen molar-refractivity contribution in [2.45, 2.75) is 206 Å². The number of carbonyl (C=O) groups is 14. The number of amides is 15. The fourth-order valence-corrected chi connectivity index (χ4v) is 14.0. The van der Waals surface area contributed by atoms with Crippen LogP contribution in [-0.4, -0.2) is 217 Å². The van der Waals surface area contributed by atoms with Crippen molar-refractivity contribution in [3.63, 3.8) is 0 Å². The molecule has 0 spiro atoms. The van der Waals surface area contributed by atoms with Crippen molar-refractivity contribution < 1.29 is 86.4 Å². The summed E-state index contributed by atoms with van der Waals surface area (Å²) >= 11 is 3.12. The van der Waals surface area contributed by atoms with Crippen molar-refractivity contribution in [2.75, 3.05) is 54.9 Å². The predicted octanol–water partition coefficient (Wildman–Crippen LogP) is 15.8. The van der Waals surface area contributed by atoms with Gasteiger partial charge in [0.1, 0.15) is 59.3 Å². The van der Waals surface area contributed by atoms with Crippen molar-refractivity contribution in [1.29, 1.82) is 10.5 Å². The van der Waals surface area contributed by atoms with Crippen LogP contribution in [0.5, 0.6) is 5.75 Å². The number of rotatable bonds is 11. The molecule has 13 rings (SSSR count). The highest BCUT2D eigenvalue weighted by molar-refractivity contribution is 9.10. The van der Waals surface area contributed by atoms with E-state index in [0.717, 1.165) is 51.5 Å². The Hall–Kier alpha value is -13.3. The minimum atomic E-state index is -1.02. The number of piperidine rings is 3. The molecule has 0 aromatic heterocycles. The zero-order chi connectivity index (χ0) is 97.0. The van der Waals surface area contributed by atoms with E-state index in [1.807, 2.05) is 163 Å². The Labute approximate surface area is 769 Å². The Morgan fingerprint density at radius 1 is 0.423 bits per heavy atom. The molecular weight excluding hydrogens is 1730 g/mol. The molecule has 0 saturated carbocycles. The number of aromatic hydroxyl groups is 1. The monoisotopic (exact) mass is 1850 g/mol. The second-order valence-corrected chi connectivity index (χ2v) is 35.8. The summed E-state index contributed by atoms with van der Waals surface area (Å²) in [7, 11) is 8.72. The van der Waals surface area contributed by atoms with Gasteiger partial charge < -0.3 is 59.8 Å². The Morgan fingerprint density at radius 3 is 0.977 bits per heavy atom. The van der Waals surface area contributed by atoms with E-state index in [9.17, 15) is 72.2 Å². The molecular formula is C98H120BrN13O18. The molecule has 6 aliphatic rings. The number of nitriles is 2. The largest absolute Gasteiger partial charge is 0.508 e. The average molecular weight is 1850 g/mol. The number of phenolic OH excluding ortho intramolecular Hbond substituents is 1. The van der Waals surface area contributed by atoms with Gasteiger partial charge in [-0.3, -0.25) is 38.4 Å². The van der Waals surface area contributed by atoms with Crippen molar-refractivity contribution in [2.24, 2.45) is 0 Å². The first kappa shape index (κ1) is 105. The summed E-state index contributed by atoms with van der Waals surface area (Å²) in [5, 5.41) is 35.6. The third kappa shape index (κ3) is 30.7. The van der Waals surface area contributed by atoms with Crippen LogP contribution in [-0.2, 0) is 43.0 Å². The lowest BCUT2D eigenvalue weighted by Gasteiger charge is -2.34. The summed E-state index contributed by atoms with van der Waals surface area (Å²) in [6.07, 6.45) is -0.329. The summed E-state index contributed by atoms with van der Waals surface area (Å²) in [5.41, 5.74) is 11.2. The molecule has 8 unspecified atom stereocenters. The number of aldehydes is 2. The lowest BCUT2D eigenvalue weighted by atomic mass is 10.0. The van der Waals surface area contributed by atoms with E-state index >= 15 is 0 Å². The number of nitrogens with one attached hydrogen (secondary N) is 3. The Kier molecular flexibility index (Phi) is 39.1. The summed E-state index contributed by atoms with van der Waals surface area (Å²) in [5.74, 6) is -3.62. The van der Waals surface area contributed by atoms with Crippen LogP contribution in [0.15, 0.2) is 170 Å². The normalized spacial score (nSPS) is 18.8. The van der Waals surface area contributed by atoms with E-state index < -0.39 is 87.4 Å². The highest BCUT2D eigenvalue weighted by Crippen LogP contribution is 2.36. The van der Waals surface area contributed by atoms with Crippen LogP contribution in [0.1, 0.15) is 213 Å². The first-order chi connectivity index (χ1) is 61.1. The van der Waals surface area contributed by atoms with Crippen LogP contribution in [0.2, 0.25) is 0 Å². The van der Waals surface area contributed by atoms with Gasteiger partial charge in [0, 0.05) is 71.2 Å². The van der Waals surface area contributed by atoms with E-state index in [1.165, 1.54) is 60.2 Å². The van der Waals surface area contributed by atoms with Gasteiger partial charge in [0.05, 0.1) is 35.1 Å². The lowest BCUT2D eigenvalue weighted by molar-refractivity contribution is -0.152. The third-order valence-electron chi connectivity index (χ3n) is 20.9. The average Bonchev–Trinajstić information content (AvgIpc) is 0.936. The van der Waals surface area contributed by atoms with Crippen LogP contribution in [0.3, 0.4) is 0 Å². The van der Waals surface area contributed by atoms with Gasteiger partial charge in [-0.1, -0.05) is 207 Å². The van der Waals surface area contributed by atoms with Crippen LogP contribution in [0.25, 0.3) is 0 Å². The Bertz CT molecular complexity index is 4940. The molecule has 7 aromatic rings. The Morgan fingerprint density at radius 2 is 0.700 bits per heavy atom. The maximum atomic E-state index is 13.0. The van der Waals surface area contributed by atoms with Gasteiger partial charge in [-0.2, -0.15) is 25.2 Å². The molecule has 31 nitrogen and oxygen atoms in total. The van der Waals surface area contributed by atoms with Gasteiger partial charge >= 0.3 is 36.4 Å². The van der Waals surface area contributed by atoms with Crippen LogP contribution in [0.4, 0.5) is 28.8 Å². The van der Waals surface area contributed by atoms with Gasteiger partial charge in [0.2, 0.25) is 17.7 Å². The number of imide groups is 9. The van der Waals surface area contributed by atoms with Crippen LogP contribution in [0, 0.1) is 64.2 Å². The molecule has 7 aromatic carbocycles. The van der Waals surface area contributed by atoms with Crippen LogP contribution < -0.4 is 16.0 Å². The van der Waals surface area contributed by atoms with Crippen molar-refractivity contribution in [1.82, 2.24) is 55.1 Å². The number of hydrogen-bond donors (Lipinski definition) is 4. The lowest BCUT2D eigenvalue weighted by Crippen LogP contribution is -2.57. The van der Waals surface area contributed by atoms with Crippen molar-refractivity contribution in [3.05, 3.63) is 242 Å². The summed E-state index contributed by atoms with van der Waals surface area (Å²) < 4.78 is 15.4. The SMILES string of the molecule is CC(C)(C)OC(=O)N1C(=O)CCC(Br)C1=O.CN1C(=O)N(C2CCC(=O)N(C(=O)OC(C)(C)C)C2=O)CC1c1ccc(O)cc1.CNC(C#N)c1ccc(C)cc1.CNC(C#N)c1ccc(C)cc1.Cc1ccc(C2CN(C3CCC(=O)N(C(=O)OC(C)(C)C)C3=O)C(=O)N2C)cc1.Cc1ccc(C2CNC(=O)N2C)cc1.Cc1ccc(C=O)cc1.Cc1ccc(C=O)cc1. The number of benzene rings is 7. The van der Waals surface area contributed by atoms with Gasteiger partial charge in [-0.25, -0.2) is 28.8 Å². The maximum Gasteiger partial charge on any atom is 0.424 e. The van der Waals surface area contributed by atoms with Crippen molar-refractivity contribution >= 4 is 100 Å². The number of likely N-dealkylation sites (tertiary alicyclic amines) is 3. The number of nitrogens with zero attached hydrogens (tertiary/aromatic N) is 10. The summed E-state index contributed by atoms with van der Waals surface area (Å²) in [4.78, 5) is 176. The minimum Gasteiger partial charge on any atom is -0.508 e. The van der Waals surface area contributed by atoms with E-state index in [-0.39, 0.29) is 92.7 Å². The van der Waals surface area contributed by atoms with E-state index in [2.05, 4.69) is 75.2 Å². The second kappa shape index (κ2) is 48.2. The third-order valence-corrected chi connectivity index (χ3v) is 21.7. The van der Waals surface area contributed by atoms with Crippen molar-refractivity contribution in [3.8, 4) is 17.9 Å². The highest BCUT2D eigenvalue weighted by atomic mass is 79.9. The fourth-order valence-electron chi connectivity index (χ4n) is 13.6. The topological polar surface area (TPSA) is 396 Å². The smallest absolute Gasteiger partial charge is 0.424 e. The fraction of sp³-hybridized carbons (Fsp3) is 0.408. The molecule has 0 radical (unpaired) electrons. The number of aryl methyl sites for hydroxylation is 6. The number of likely N-dealkylation sites (N-methyl/N-ethyl adjacent to an activating group) is 3. The molecule has 6 fully saturated rings. The molecule has 692 valence electrons. The molecule has 0 aliphatic carbocycles.